The second-order valence-corrected chi connectivity index (χ2v) is 3.79. The molecule has 0 saturated heterocycles. The maximum Gasteiger partial charge on any atom is 0.247 e. The molecule has 0 N–H and O–H groups in total. The Hall–Kier alpha value is -2.50. The molecule has 2 heterocycles. The Morgan fingerprint density at radius 1 is 1.21 bits per heavy atom. The summed E-state index contributed by atoms with van der Waals surface area (Å²) in [4.78, 5) is 24.4. The number of hydrogen-bond acceptors (Lipinski definition) is 6. The summed E-state index contributed by atoms with van der Waals surface area (Å²) in [7, 11) is 2.90. The number of ketones is 1. The Morgan fingerprint density at radius 2 is 2.00 bits per heavy atom. The maximum atomic E-state index is 12.4. The van der Waals surface area contributed by atoms with E-state index < -0.39 is 0 Å². The number of carbonyl (C=O) groups excluding carboxylic acids is 1. The molecule has 0 radical (unpaired) electrons. The van der Waals surface area contributed by atoms with Gasteiger partial charge < -0.3 is 9.47 Å². The Balaban J connectivity index is 2.47. The van der Waals surface area contributed by atoms with Crippen LogP contribution in [-0.4, -0.2) is 35.0 Å². The number of hydrogen-bond donors (Lipinski definition) is 0. The van der Waals surface area contributed by atoms with E-state index in [9.17, 15) is 4.79 Å². The smallest absolute Gasteiger partial charge is 0.247 e. The first-order valence-electron chi connectivity index (χ1n) is 5.57. The zero-order valence-electron chi connectivity index (χ0n) is 10.9. The van der Waals surface area contributed by atoms with Crippen LogP contribution in [0.15, 0.2) is 24.7 Å². The summed E-state index contributed by atoms with van der Waals surface area (Å²) in [6.45, 7) is 1.83. The fourth-order valence-corrected chi connectivity index (χ4v) is 1.58. The second kappa shape index (κ2) is 5.43. The second-order valence-electron chi connectivity index (χ2n) is 3.79. The van der Waals surface area contributed by atoms with Gasteiger partial charge in [-0.05, 0) is 18.6 Å². The number of methoxy groups -OCH3 is 2. The molecule has 6 nitrogen and oxygen atoms in total. The van der Waals surface area contributed by atoms with Gasteiger partial charge in [-0.15, -0.1) is 0 Å². The number of carbonyl (C=O) groups is 1. The Kier molecular flexibility index (Phi) is 3.70. The number of aryl methyl sites for hydroxylation is 1. The highest BCUT2D eigenvalue weighted by atomic mass is 16.5. The quantitative estimate of drug-likeness (QED) is 0.773. The monoisotopic (exact) mass is 259 g/mol. The van der Waals surface area contributed by atoms with Crippen LogP contribution in [0.3, 0.4) is 0 Å². The lowest BCUT2D eigenvalue weighted by atomic mass is 10.1. The van der Waals surface area contributed by atoms with Gasteiger partial charge in [0, 0.05) is 18.0 Å². The maximum absolute atomic E-state index is 12.4. The Morgan fingerprint density at radius 3 is 2.63 bits per heavy atom. The first-order chi connectivity index (χ1) is 9.17. The van der Waals surface area contributed by atoms with Crippen molar-refractivity contribution in [3.05, 3.63) is 41.5 Å². The minimum absolute atomic E-state index is 0.132. The van der Waals surface area contributed by atoms with Gasteiger partial charge in [0.1, 0.15) is 0 Å². The van der Waals surface area contributed by atoms with E-state index in [0.29, 0.717) is 5.56 Å². The molecule has 0 fully saturated rings. The van der Waals surface area contributed by atoms with Crippen LogP contribution < -0.4 is 9.47 Å². The third-order valence-electron chi connectivity index (χ3n) is 2.62. The molecule has 98 valence electrons. The average Bonchev–Trinajstić information content (AvgIpc) is 2.46. The largest absolute Gasteiger partial charge is 0.480 e. The van der Waals surface area contributed by atoms with Crippen LogP contribution in [0.5, 0.6) is 11.8 Å². The zero-order valence-corrected chi connectivity index (χ0v) is 10.9. The lowest BCUT2D eigenvalue weighted by Gasteiger charge is -2.08. The summed E-state index contributed by atoms with van der Waals surface area (Å²) in [6, 6.07) is 1.76. The highest BCUT2D eigenvalue weighted by Crippen LogP contribution is 2.20. The standard InChI is InChI=1S/C13H13N3O3/c1-8-4-5-14-6-9(8)12(17)11-13(19-3)16-10(18-2)7-15-11/h4-7H,1-3H3. The van der Waals surface area contributed by atoms with Gasteiger partial charge in [0.2, 0.25) is 17.5 Å². The Labute approximate surface area is 110 Å². The summed E-state index contributed by atoms with van der Waals surface area (Å²) < 4.78 is 10.0. The van der Waals surface area contributed by atoms with Crippen LogP contribution in [0.4, 0.5) is 0 Å². The van der Waals surface area contributed by atoms with Gasteiger partial charge in [0.05, 0.1) is 20.4 Å². The first kappa shape index (κ1) is 12.9. The van der Waals surface area contributed by atoms with E-state index in [-0.39, 0.29) is 23.2 Å². The molecule has 0 saturated carbocycles. The molecule has 0 atom stereocenters. The van der Waals surface area contributed by atoms with E-state index in [1.165, 1.54) is 26.6 Å². The number of nitrogens with zero attached hydrogens (tertiary/aromatic N) is 3. The third kappa shape index (κ3) is 2.52. The summed E-state index contributed by atoms with van der Waals surface area (Å²) in [5.41, 5.74) is 1.43. The molecule has 0 aliphatic carbocycles. The van der Waals surface area contributed by atoms with Crippen molar-refractivity contribution in [1.82, 2.24) is 15.0 Å². The van der Waals surface area contributed by atoms with Gasteiger partial charge in [0.15, 0.2) is 5.69 Å². The fraction of sp³-hybridized carbons (Fsp3) is 0.231. The molecule has 19 heavy (non-hydrogen) atoms. The van der Waals surface area contributed by atoms with Crippen LogP contribution in [0.2, 0.25) is 0 Å². The summed E-state index contributed by atoms with van der Waals surface area (Å²) in [5, 5.41) is 0. The molecule has 2 rings (SSSR count). The highest BCUT2D eigenvalue weighted by Gasteiger charge is 2.20. The fourth-order valence-electron chi connectivity index (χ4n) is 1.58. The molecule has 0 bridgehead atoms. The summed E-state index contributed by atoms with van der Waals surface area (Å²) in [5.74, 6) is 0.140. The van der Waals surface area contributed by atoms with Crippen LogP contribution in [0.25, 0.3) is 0 Å². The van der Waals surface area contributed by atoms with Gasteiger partial charge in [-0.25, -0.2) is 4.98 Å². The average molecular weight is 259 g/mol. The molecule has 2 aromatic rings. The van der Waals surface area contributed by atoms with E-state index in [1.807, 2.05) is 6.92 Å². The lowest BCUT2D eigenvalue weighted by Crippen LogP contribution is -2.10. The van der Waals surface area contributed by atoms with Crippen molar-refractivity contribution in [3.8, 4) is 11.8 Å². The summed E-state index contributed by atoms with van der Waals surface area (Å²) in [6.07, 6.45) is 4.51. The minimum atomic E-state index is -0.280. The molecular formula is C13H13N3O3. The number of aromatic nitrogens is 3. The van der Waals surface area contributed by atoms with E-state index in [0.717, 1.165) is 5.56 Å². The van der Waals surface area contributed by atoms with Crippen molar-refractivity contribution in [2.75, 3.05) is 14.2 Å². The van der Waals surface area contributed by atoms with Crippen molar-refractivity contribution in [2.24, 2.45) is 0 Å². The number of pyridine rings is 1. The SMILES string of the molecule is COc1cnc(C(=O)c2cnccc2C)c(OC)n1. The lowest BCUT2D eigenvalue weighted by molar-refractivity contribution is 0.102. The molecule has 0 aromatic carbocycles. The zero-order chi connectivity index (χ0) is 13.8. The van der Waals surface area contributed by atoms with E-state index in [4.69, 9.17) is 9.47 Å². The van der Waals surface area contributed by atoms with Gasteiger partial charge >= 0.3 is 0 Å². The topological polar surface area (TPSA) is 74.2 Å². The predicted octanol–water partition coefficient (Wildman–Crippen LogP) is 1.43. The predicted molar refractivity (Wildman–Crippen MR) is 67.5 cm³/mol. The molecular weight excluding hydrogens is 246 g/mol. The first-order valence-corrected chi connectivity index (χ1v) is 5.57. The van der Waals surface area contributed by atoms with Gasteiger partial charge in [-0.3, -0.25) is 9.78 Å². The number of rotatable bonds is 4. The van der Waals surface area contributed by atoms with E-state index in [1.54, 1.807) is 12.3 Å². The van der Waals surface area contributed by atoms with Crippen LogP contribution in [0, 0.1) is 6.92 Å². The third-order valence-corrected chi connectivity index (χ3v) is 2.62. The summed E-state index contributed by atoms with van der Waals surface area (Å²) >= 11 is 0. The molecule has 0 spiro atoms. The Bertz CT molecular complexity index is 614. The molecule has 6 heteroatoms. The van der Waals surface area contributed by atoms with Gasteiger partial charge in [0.25, 0.3) is 0 Å². The van der Waals surface area contributed by atoms with Crippen LogP contribution in [0.1, 0.15) is 21.6 Å². The molecule has 0 amide bonds. The van der Waals surface area contributed by atoms with Crippen molar-refractivity contribution in [2.45, 2.75) is 6.92 Å². The minimum Gasteiger partial charge on any atom is -0.480 e. The molecule has 2 aromatic heterocycles. The van der Waals surface area contributed by atoms with Crippen LogP contribution in [-0.2, 0) is 0 Å². The van der Waals surface area contributed by atoms with E-state index >= 15 is 0 Å². The van der Waals surface area contributed by atoms with Crippen molar-refractivity contribution < 1.29 is 14.3 Å². The number of ether oxygens (including phenoxy) is 2. The molecule has 0 aliphatic rings. The highest BCUT2D eigenvalue weighted by molar-refractivity contribution is 6.09. The van der Waals surface area contributed by atoms with Gasteiger partial charge in [-0.1, -0.05) is 0 Å². The van der Waals surface area contributed by atoms with Gasteiger partial charge in [-0.2, -0.15) is 4.98 Å². The molecule has 0 aliphatic heterocycles. The normalized spacial score (nSPS) is 10.1. The van der Waals surface area contributed by atoms with Crippen LogP contribution >= 0.6 is 0 Å². The molecule has 0 unspecified atom stereocenters. The van der Waals surface area contributed by atoms with Crippen molar-refractivity contribution in [3.63, 3.8) is 0 Å². The van der Waals surface area contributed by atoms with E-state index in [2.05, 4.69) is 15.0 Å². The van der Waals surface area contributed by atoms with Crippen molar-refractivity contribution >= 4 is 5.78 Å². The van der Waals surface area contributed by atoms with Crippen molar-refractivity contribution in [1.29, 1.82) is 0 Å².